The maximum atomic E-state index is 13.2. The molecule has 17 heavy (non-hydrogen) atoms. The molecule has 0 fully saturated rings. The van der Waals surface area contributed by atoms with Crippen LogP contribution in [-0.2, 0) is 6.54 Å². The first-order valence-electron chi connectivity index (χ1n) is 5.81. The Morgan fingerprint density at radius 1 is 1.24 bits per heavy atom. The van der Waals surface area contributed by atoms with Crippen LogP contribution in [0.5, 0.6) is 0 Å². The first-order valence-corrected chi connectivity index (χ1v) is 7.14. The number of nitrogens with zero attached hydrogens (tertiary/aromatic N) is 1. The zero-order chi connectivity index (χ0) is 12.7. The Morgan fingerprint density at radius 2 is 2.00 bits per heavy atom. The number of alkyl halides is 1. The highest BCUT2D eigenvalue weighted by Crippen LogP contribution is 2.16. The summed E-state index contributed by atoms with van der Waals surface area (Å²) in [6.45, 7) is 1.79. The van der Waals surface area contributed by atoms with Gasteiger partial charge in [-0.25, -0.2) is 4.39 Å². The lowest BCUT2D eigenvalue weighted by Gasteiger charge is -2.16. The smallest absolute Gasteiger partial charge is 0.124 e. The molecule has 96 valence electrons. The number of hydrogen-bond acceptors (Lipinski definition) is 1. The van der Waals surface area contributed by atoms with E-state index in [2.05, 4.69) is 27.9 Å². The summed E-state index contributed by atoms with van der Waals surface area (Å²) in [5.74, 6) is 0.547. The van der Waals surface area contributed by atoms with Crippen LogP contribution >= 0.6 is 27.5 Å². The highest BCUT2D eigenvalue weighted by atomic mass is 79.9. The van der Waals surface area contributed by atoms with E-state index in [9.17, 15) is 4.39 Å². The van der Waals surface area contributed by atoms with Gasteiger partial charge in [-0.15, -0.1) is 11.6 Å². The van der Waals surface area contributed by atoms with Gasteiger partial charge < -0.3 is 4.90 Å². The molecule has 0 radical (unpaired) electrons. The summed E-state index contributed by atoms with van der Waals surface area (Å²) >= 11 is 8.92. The van der Waals surface area contributed by atoms with Crippen molar-refractivity contribution in [3.63, 3.8) is 0 Å². The highest BCUT2D eigenvalue weighted by Gasteiger charge is 2.03. The van der Waals surface area contributed by atoms with E-state index in [0.29, 0.717) is 0 Å². The molecule has 0 heterocycles. The molecule has 0 aliphatic heterocycles. The van der Waals surface area contributed by atoms with Gasteiger partial charge in [-0.05, 0) is 50.2 Å². The average Bonchev–Trinajstić information content (AvgIpc) is 2.23. The third-order valence-electron chi connectivity index (χ3n) is 2.55. The lowest BCUT2D eigenvalue weighted by molar-refractivity contribution is 0.318. The van der Waals surface area contributed by atoms with Crippen molar-refractivity contribution in [1.29, 1.82) is 0 Å². The van der Waals surface area contributed by atoms with Crippen LogP contribution in [0.15, 0.2) is 22.7 Å². The molecule has 1 rings (SSSR count). The minimum atomic E-state index is -0.190. The number of unbranched alkanes of at least 4 members (excludes halogenated alkanes) is 2. The van der Waals surface area contributed by atoms with Gasteiger partial charge in [-0.3, -0.25) is 0 Å². The van der Waals surface area contributed by atoms with Gasteiger partial charge in [0, 0.05) is 16.9 Å². The van der Waals surface area contributed by atoms with E-state index in [-0.39, 0.29) is 5.82 Å². The van der Waals surface area contributed by atoms with Crippen LogP contribution in [0.25, 0.3) is 0 Å². The molecule has 0 saturated carbocycles. The van der Waals surface area contributed by atoms with Crippen molar-refractivity contribution in [3.05, 3.63) is 34.1 Å². The molecule has 4 heteroatoms. The number of hydrogen-bond donors (Lipinski definition) is 0. The van der Waals surface area contributed by atoms with Crippen LogP contribution in [0.2, 0.25) is 0 Å². The molecule has 1 aromatic rings. The van der Waals surface area contributed by atoms with E-state index < -0.39 is 0 Å². The molecule has 0 atom stereocenters. The molecule has 0 N–H and O–H groups in total. The average molecular weight is 323 g/mol. The lowest BCUT2D eigenvalue weighted by Crippen LogP contribution is -2.19. The van der Waals surface area contributed by atoms with E-state index in [4.69, 9.17) is 11.6 Å². The Morgan fingerprint density at radius 3 is 2.65 bits per heavy atom. The first kappa shape index (κ1) is 14.9. The topological polar surface area (TPSA) is 3.24 Å². The van der Waals surface area contributed by atoms with Crippen molar-refractivity contribution in [2.75, 3.05) is 19.5 Å². The molecule has 0 amide bonds. The fourth-order valence-corrected chi connectivity index (χ4v) is 2.45. The normalized spacial score (nSPS) is 11.1. The molecular weight excluding hydrogens is 305 g/mol. The second kappa shape index (κ2) is 8.06. The second-order valence-electron chi connectivity index (χ2n) is 4.27. The van der Waals surface area contributed by atoms with Crippen LogP contribution < -0.4 is 0 Å². The van der Waals surface area contributed by atoms with Crippen LogP contribution in [0.4, 0.5) is 4.39 Å². The van der Waals surface area contributed by atoms with Gasteiger partial charge in [0.1, 0.15) is 5.82 Å². The predicted octanol–water partition coefficient (Wildman–Crippen LogP) is 4.43. The Labute approximate surface area is 116 Å². The monoisotopic (exact) mass is 321 g/mol. The molecule has 0 aliphatic rings. The Bertz CT molecular complexity index is 326. The van der Waals surface area contributed by atoms with Gasteiger partial charge in [0.25, 0.3) is 0 Å². The maximum absolute atomic E-state index is 13.2. The Hall–Kier alpha value is -0.120. The minimum Gasteiger partial charge on any atom is -0.302 e. The quantitative estimate of drug-likeness (QED) is 0.530. The van der Waals surface area contributed by atoms with Crippen molar-refractivity contribution in [2.45, 2.75) is 25.8 Å². The van der Waals surface area contributed by atoms with Gasteiger partial charge in [-0.2, -0.15) is 0 Å². The second-order valence-corrected chi connectivity index (χ2v) is 5.56. The summed E-state index contributed by atoms with van der Waals surface area (Å²) in [5.41, 5.74) is 0.997. The van der Waals surface area contributed by atoms with E-state index in [0.717, 1.165) is 48.3 Å². The molecule has 1 aromatic carbocycles. The standard InChI is InChI=1S/C13H18BrClFN/c1-17(6-4-2-3-5-15)10-11-7-12(14)9-13(16)8-11/h7-9H,2-6,10H2,1H3. The Balaban J connectivity index is 2.36. The van der Waals surface area contributed by atoms with Crippen LogP contribution in [-0.4, -0.2) is 24.4 Å². The lowest BCUT2D eigenvalue weighted by atomic mass is 10.2. The predicted molar refractivity (Wildman–Crippen MR) is 75.0 cm³/mol. The zero-order valence-corrected chi connectivity index (χ0v) is 12.4. The van der Waals surface area contributed by atoms with E-state index in [1.54, 1.807) is 6.07 Å². The third-order valence-corrected chi connectivity index (χ3v) is 3.27. The van der Waals surface area contributed by atoms with Gasteiger partial charge >= 0.3 is 0 Å². The molecule has 0 aliphatic carbocycles. The van der Waals surface area contributed by atoms with Crippen molar-refractivity contribution in [3.8, 4) is 0 Å². The minimum absolute atomic E-state index is 0.190. The van der Waals surface area contributed by atoms with E-state index in [1.807, 2.05) is 6.07 Å². The number of halogens is 3. The molecule has 1 nitrogen and oxygen atoms in total. The van der Waals surface area contributed by atoms with E-state index in [1.165, 1.54) is 6.07 Å². The van der Waals surface area contributed by atoms with Gasteiger partial charge in [0.05, 0.1) is 0 Å². The van der Waals surface area contributed by atoms with Gasteiger partial charge in [0.2, 0.25) is 0 Å². The van der Waals surface area contributed by atoms with Crippen LogP contribution in [0, 0.1) is 5.82 Å². The van der Waals surface area contributed by atoms with Crippen molar-refractivity contribution >= 4 is 27.5 Å². The van der Waals surface area contributed by atoms with Crippen molar-refractivity contribution in [2.24, 2.45) is 0 Å². The molecular formula is C13H18BrClFN. The molecule has 0 aromatic heterocycles. The fraction of sp³-hybridized carbons (Fsp3) is 0.538. The zero-order valence-electron chi connectivity index (χ0n) is 10.1. The van der Waals surface area contributed by atoms with Gasteiger partial charge in [0.15, 0.2) is 0 Å². The summed E-state index contributed by atoms with van der Waals surface area (Å²) in [6, 6.07) is 5.02. The molecule has 0 unspecified atom stereocenters. The molecule has 0 saturated heterocycles. The van der Waals surface area contributed by atoms with Crippen molar-refractivity contribution in [1.82, 2.24) is 4.90 Å². The summed E-state index contributed by atoms with van der Waals surface area (Å²) in [6.07, 6.45) is 3.36. The van der Waals surface area contributed by atoms with Crippen molar-refractivity contribution < 1.29 is 4.39 Å². The SMILES string of the molecule is CN(CCCCCCl)Cc1cc(F)cc(Br)c1. The summed E-state index contributed by atoms with van der Waals surface area (Å²) in [5, 5.41) is 0. The number of benzene rings is 1. The van der Waals surface area contributed by atoms with E-state index >= 15 is 0 Å². The van der Waals surface area contributed by atoms with Gasteiger partial charge in [-0.1, -0.05) is 22.4 Å². The van der Waals surface area contributed by atoms with Crippen LogP contribution in [0.1, 0.15) is 24.8 Å². The fourth-order valence-electron chi connectivity index (χ4n) is 1.75. The summed E-state index contributed by atoms with van der Waals surface area (Å²) in [4.78, 5) is 2.20. The molecule has 0 spiro atoms. The summed E-state index contributed by atoms with van der Waals surface area (Å²) in [7, 11) is 2.06. The Kier molecular flexibility index (Phi) is 7.09. The third kappa shape index (κ3) is 6.39. The van der Waals surface area contributed by atoms with Crippen LogP contribution in [0.3, 0.4) is 0 Å². The highest BCUT2D eigenvalue weighted by molar-refractivity contribution is 9.10. The maximum Gasteiger partial charge on any atom is 0.124 e. The molecule has 0 bridgehead atoms. The first-order chi connectivity index (χ1) is 8.11. The largest absolute Gasteiger partial charge is 0.302 e. The summed E-state index contributed by atoms with van der Waals surface area (Å²) < 4.78 is 14.0. The number of rotatable bonds is 7.